The summed E-state index contributed by atoms with van der Waals surface area (Å²) in [5, 5.41) is 0. The Labute approximate surface area is 134 Å². The lowest BCUT2D eigenvalue weighted by Crippen LogP contribution is -2.00. The van der Waals surface area contributed by atoms with Crippen molar-refractivity contribution in [1.29, 1.82) is 0 Å². The fraction of sp³-hybridized carbons (Fsp3) is 0.900. The molecule has 0 spiro atoms. The van der Waals surface area contributed by atoms with Gasteiger partial charge in [-0.3, -0.25) is 0 Å². The quantitative estimate of drug-likeness (QED) is 0.395. The third-order valence-corrected chi connectivity index (χ3v) is 4.61. The first-order valence-electron chi connectivity index (χ1n) is 9.31. The van der Waals surface area contributed by atoms with Crippen molar-refractivity contribution in [2.45, 2.75) is 92.4 Å². The maximum atomic E-state index is 5.53. The maximum Gasteiger partial charge on any atom is 0.0109 e. The van der Waals surface area contributed by atoms with E-state index in [4.69, 9.17) is 5.73 Å². The number of hydrogen-bond acceptors (Lipinski definition) is 1. The molecule has 1 nitrogen and oxygen atoms in total. The van der Waals surface area contributed by atoms with E-state index in [1.807, 2.05) is 0 Å². The van der Waals surface area contributed by atoms with Crippen LogP contribution in [0.4, 0.5) is 0 Å². The van der Waals surface area contributed by atoms with Gasteiger partial charge in [0.1, 0.15) is 0 Å². The minimum atomic E-state index is 0.691. The molecule has 0 aliphatic heterocycles. The molecule has 0 fully saturated rings. The van der Waals surface area contributed by atoms with Gasteiger partial charge in [0, 0.05) is 6.54 Å². The van der Waals surface area contributed by atoms with E-state index in [9.17, 15) is 0 Å². The Morgan fingerprint density at radius 2 is 1.29 bits per heavy atom. The SMILES string of the molecule is CC(=CCN)CCCC(C)CCCC(C)CCCC(C)C. The van der Waals surface area contributed by atoms with Gasteiger partial charge >= 0.3 is 0 Å². The Hall–Kier alpha value is -0.300. The molecule has 0 rings (SSSR count). The highest BCUT2D eigenvalue weighted by Gasteiger charge is 2.06. The largest absolute Gasteiger partial charge is 0.327 e. The molecule has 0 saturated heterocycles. The van der Waals surface area contributed by atoms with Crippen molar-refractivity contribution in [1.82, 2.24) is 0 Å². The Bertz CT molecular complexity index is 255. The molecule has 21 heavy (non-hydrogen) atoms. The lowest BCUT2D eigenvalue weighted by molar-refractivity contribution is 0.389. The van der Waals surface area contributed by atoms with Crippen LogP contribution in [0.15, 0.2) is 11.6 Å². The molecule has 0 saturated carbocycles. The summed E-state index contributed by atoms with van der Waals surface area (Å²) in [6.45, 7) is 12.4. The summed E-state index contributed by atoms with van der Waals surface area (Å²) in [6, 6.07) is 0. The average Bonchev–Trinajstić information content (AvgIpc) is 2.38. The van der Waals surface area contributed by atoms with E-state index in [2.05, 4.69) is 40.7 Å². The normalized spacial score (nSPS) is 15.5. The number of hydrogen-bond donors (Lipinski definition) is 1. The molecule has 126 valence electrons. The molecule has 2 N–H and O–H groups in total. The zero-order chi connectivity index (χ0) is 16.1. The Morgan fingerprint density at radius 1 is 0.810 bits per heavy atom. The second-order valence-electron chi connectivity index (χ2n) is 7.64. The molecule has 0 amide bonds. The third kappa shape index (κ3) is 14.4. The van der Waals surface area contributed by atoms with Crippen molar-refractivity contribution in [2.24, 2.45) is 23.5 Å². The molecule has 0 aliphatic rings. The second kappa shape index (κ2) is 13.4. The van der Waals surface area contributed by atoms with Crippen LogP contribution in [0.5, 0.6) is 0 Å². The predicted molar refractivity (Wildman–Crippen MR) is 97.5 cm³/mol. The van der Waals surface area contributed by atoms with Gasteiger partial charge in [0.05, 0.1) is 0 Å². The number of rotatable bonds is 13. The number of nitrogens with two attached hydrogens (primary N) is 1. The van der Waals surface area contributed by atoms with E-state index in [-0.39, 0.29) is 0 Å². The van der Waals surface area contributed by atoms with Crippen molar-refractivity contribution in [3.63, 3.8) is 0 Å². The van der Waals surface area contributed by atoms with Crippen LogP contribution in [0.25, 0.3) is 0 Å². The van der Waals surface area contributed by atoms with Crippen LogP contribution in [-0.4, -0.2) is 6.54 Å². The summed E-state index contributed by atoms with van der Waals surface area (Å²) in [7, 11) is 0. The lowest BCUT2D eigenvalue weighted by atomic mass is 9.91. The molecular formula is C20H41N. The Kier molecular flexibility index (Phi) is 13.2. The van der Waals surface area contributed by atoms with Crippen LogP contribution in [-0.2, 0) is 0 Å². The van der Waals surface area contributed by atoms with E-state index in [1.165, 1.54) is 63.4 Å². The van der Waals surface area contributed by atoms with Crippen LogP contribution < -0.4 is 5.73 Å². The topological polar surface area (TPSA) is 26.0 Å². The Morgan fingerprint density at radius 3 is 1.76 bits per heavy atom. The van der Waals surface area contributed by atoms with Crippen molar-refractivity contribution in [3.8, 4) is 0 Å². The fourth-order valence-electron chi connectivity index (χ4n) is 3.01. The van der Waals surface area contributed by atoms with Crippen molar-refractivity contribution >= 4 is 0 Å². The van der Waals surface area contributed by atoms with Crippen molar-refractivity contribution in [2.75, 3.05) is 6.54 Å². The zero-order valence-electron chi connectivity index (χ0n) is 15.5. The molecule has 0 bridgehead atoms. The summed E-state index contributed by atoms with van der Waals surface area (Å²) >= 11 is 0. The van der Waals surface area contributed by atoms with Gasteiger partial charge in [0.25, 0.3) is 0 Å². The van der Waals surface area contributed by atoms with Gasteiger partial charge in [0.2, 0.25) is 0 Å². The lowest BCUT2D eigenvalue weighted by Gasteiger charge is -2.15. The molecule has 0 radical (unpaired) electrons. The van der Waals surface area contributed by atoms with Gasteiger partial charge in [-0.2, -0.15) is 0 Å². The monoisotopic (exact) mass is 295 g/mol. The first-order valence-corrected chi connectivity index (χ1v) is 9.31. The van der Waals surface area contributed by atoms with Crippen LogP contribution in [0, 0.1) is 17.8 Å². The van der Waals surface area contributed by atoms with E-state index in [0.717, 1.165) is 17.8 Å². The predicted octanol–water partition coefficient (Wildman–Crippen LogP) is 6.33. The maximum absolute atomic E-state index is 5.53. The first kappa shape index (κ1) is 20.7. The van der Waals surface area contributed by atoms with Crippen molar-refractivity contribution in [3.05, 3.63) is 11.6 Å². The van der Waals surface area contributed by atoms with E-state index in [1.54, 1.807) is 0 Å². The molecule has 0 aromatic carbocycles. The van der Waals surface area contributed by atoms with Gasteiger partial charge in [-0.25, -0.2) is 0 Å². The summed E-state index contributed by atoms with van der Waals surface area (Å²) in [4.78, 5) is 0. The highest BCUT2D eigenvalue weighted by molar-refractivity contribution is 4.98. The van der Waals surface area contributed by atoms with Crippen LogP contribution >= 0.6 is 0 Å². The van der Waals surface area contributed by atoms with Crippen molar-refractivity contribution < 1.29 is 0 Å². The molecule has 1 heteroatoms. The van der Waals surface area contributed by atoms with Gasteiger partial charge in [-0.15, -0.1) is 0 Å². The second-order valence-corrected chi connectivity index (χ2v) is 7.64. The third-order valence-electron chi connectivity index (χ3n) is 4.61. The molecule has 0 aliphatic carbocycles. The minimum absolute atomic E-state index is 0.691. The van der Waals surface area contributed by atoms with Gasteiger partial charge in [0.15, 0.2) is 0 Å². The van der Waals surface area contributed by atoms with Gasteiger partial charge < -0.3 is 5.73 Å². The smallest absolute Gasteiger partial charge is 0.0109 e. The summed E-state index contributed by atoms with van der Waals surface area (Å²) in [6.07, 6.45) is 14.6. The highest BCUT2D eigenvalue weighted by atomic mass is 14.5. The standard InChI is InChI=1S/C20H41N/c1-17(2)9-6-10-18(3)11-7-12-19(4)13-8-14-20(5)15-16-21/h15,17-19H,6-14,16,21H2,1-5H3. The molecule has 0 aromatic heterocycles. The van der Waals surface area contributed by atoms with Crippen LogP contribution in [0.1, 0.15) is 92.4 Å². The average molecular weight is 296 g/mol. The zero-order valence-corrected chi connectivity index (χ0v) is 15.5. The van der Waals surface area contributed by atoms with Gasteiger partial charge in [-0.05, 0) is 37.5 Å². The Balaban J connectivity index is 3.52. The number of allylic oxidation sites excluding steroid dienone is 1. The molecule has 0 heterocycles. The molecule has 0 aromatic rings. The first-order chi connectivity index (χ1) is 9.95. The summed E-state index contributed by atoms with van der Waals surface area (Å²) < 4.78 is 0. The van der Waals surface area contributed by atoms with E-state index < -0.39 is 0 Å². The molecule has 2 unspecified atom stereocenters. The van der Waals surface area contributed by atoms with E-state index in [0.29, 0.717) is 6.54 Å². The van der Waals surface area contributed by atoms with Crippen LogP contribution in [0.3, 0.4) is 0 Å². The molecular weight excluding hydrogens is 254 g/mol. The van der Waals surface area contributed by atoms with Gasteiger partial charge in [-0.1, -0.05) is 84.3 Å². The fourth-order valence-corrected chi connectivity index (χ4v) is 3.01. The minimum Gasteiger partial charge on any atom is -0.327 e. The summed E-state index contributed by atoms with van der Waals surface area (Å²) in [5.41, 5.74) is 6.99. The highest BCUT2D eigenvalue weighted by Crippen LogP contribution is 2.21. The molecule has 2 atom stereocenters. The van der Waals surface area contributed by atoms with Crippen LogP contribution in [0.2, 0.25) is 0 Å². The summed E-state index contributed by atoms with van der Waals surface area (Å²) in [5.74, 6) is 2.68. The van der Waals surface area contributed by atoms with E-state index >= 15 is 0 Å².